The molecular formula is C11H18N2O. The van der Waals surface area contributed by atoms with E-state index in [2.05, 4.69) is 30.4 Å². The standard InChI is InChI=1S/C11H18N2O/c1-9-3-4-11(10(7-9)8-12)13-5-6-14-2/h3-4,7,13H,5-6,8,12H2,1-2H3. The molecule has 14 heavy (non-hydrogen) atoms. The molecule has 0 aliphatic rings. The molecule has 0 spiro atoms. The van der Waals surface area contributed by atoms with Crippen LogP contribution < -0.4 is 11.1 Å². The van der Waals surface area contributed by atoms with Gasteiger partial charge in [-0.15, -0.1) is 0 Å². The monoisotopic (exact) mass is 194 g/mol. The zero-order chi connectivity index (χ0) is 10.4. The summed E-state index contributed by atoms with van der Waals surface area (Å²) in [5, 5.41) is 3.29. The summed E-state index contributed by atoms with van der Waals surface area (Å²) in [4.78, 5) is 0. The predicted molar refractivity (Wildman–Crippen MR) is 59.4 cm³/mol. The average molecular weight is 194 g/mol. The summed E-state index contributed by atoms with van der Waals surface area (Å²) in [6.07, 6.45) is 0. The van der Waals surface area contributed by atoms with E-state index in [1.54, 1.807) is 7.11 Å². The van der Waals surface area contributed by atoms with Crippen LogP contribution in [0, 0.1) is 6.92 Å². The van der Waals surface area contributed by atoms with E-state index in [4.69, 9.17) is 10.5 Å². The Bertz CT molecular complexity index is 287. The van der Waals surface area contributed by atoms with Crippen molar-refractivity contribution < 1.29 is 4.74 Å². The molecule has 1 aromatic carbocycles. The maximum absolute atomic E-state index is 5.65. The lowest BCUT2D eigenvalue weighted by Gasteiger charge is -2.11. The van der Waals surface area contributed by atoms with Crippen LogP contribution in [0.3, 0.4) is 0 Å². The highest BCUT2D eigenvalue weighted by atomic mass is 16.5. The van der Waals surface area contributed by atoms with E-state index < -0.39 is 0 Å². The zero-order valence-electron chi connectivity index (χ0n) is 8.84. The van der Waals surface area contributed by atoms with Gasteiger partial charge in [0.05, 0.1) is 6.61 Å². The van der Waals surface area contributed by atoms with Crippen molar-refractivity contribution in [2.24, 2.45) is 5.73 Å². The molecule has 0 atom stereocenters. The molecule has 0 amide bonds. The summed E-state index contributed by atoms with van der Waals surface area (Å²) in [5.41, 5.74) is 9.15. The van der Waals surface area contributed by atoms with E-state index in [0.29, 0.717) is 13.2 Å². The molecule has 0 saturated heterocycles. The van der Waals surface area contributed by atoms with E-state index in [1.165, 1.54) is 5.56 Å². The van der Waals surface area contributed by atoms with Crippen molar-refractivity contribution in [3.05, 3.63) is 29.3 Å². The van der Waals surface area contributed by atoms with Gasteiger partial charge in [0.1, 0.15) is 0 Å². The van der Waals surface area contributed by atoms with Gasteiger partial charge in [-0.1, -0.05) is 17.7 Å². The van der Waals surface area contributed by atoms with E-state index in [-0.39, 0.29) is 0 Å². The van der Waals surface area contributed by atoms with Crippen LogP contribution in [0.5, 0.6) is 0 Å². The highest BCUT2D eigenvalue weighted by Gasteiger charge is 1.99. The first-order valence-corrected chi connectivity index (χ1v) is 4.80. The quantitative estimate of drug-likeness (QED) is 0.698. The fourth-order valence-corrected chi connectivity index (χ4v) is 1.35. The third-order valence-electron chi connectivity index (χ3n) is 2.10. The van der Waals surface area contributed by atoms with Gasteiger partial charge in [0, 0.05) is 25.9 Å². The van der Waals surface area contributed by atoms with Crippen LogP contribution in [0.25, 0.3) is 0 Å². The minimum atomic E-state index is 0.566. The molecule has 78 valence electrons. The maximum atomic E-state index is 5.65. The number of hydrogen-bond donors (Lipinski definition) is 2. The van der Waals surface area contributed by atoms with Gasteiger partial charge in [0.15, 0.2) is 0 Å². The van der Waals surface area contributed by atoms with Crippen LogP contribution in [0.4, 0.5) is 5.69 Å². The van der Waals surface area contributed by atoms with Gasteiger partial charge in [-0.2, -0.15) is 0 Å². The molecular weight excluding hydrogens is 176 g/mol. The van der Waals surface area contributed by atoms with Gasteiger partial charge in [0.25, 0.3) is 0 Å². The SMILES string of the molecule is COCCNc1ccc(C)cc1CN. The van der Waals surface area contributed by atoms with Crippen molar-refractivity contribution in [1.82, 2.24) is 0 Å². The number of hydrogen-bond acceptors (Lipinski definition) is 3. The lowest BCUT2D eigenvalue weighted by molar-refractivity contribution is 0.211. The zero-order valence-corrected chi connectivity index (χ0v) is 8.84. The first-order valence-electron chi connectivity index (χ1n) is 4.80. The molecule has 0 aliphatic carbocycles. The van der Waals surface area contributed by atoms with Crippen molar-refractivity contribution in [2.45, 2.75) is 13.5 Å². The number of nitrogens with two attached hydrogens (primary N) is 1. The second kappa shape index (κ2) is 5.62. The molecule has 3 heteroatoms. The topological polar surface area (TPSA) is 47.3 Å². The number of methoxy groups -OCH3 is 1. The largest absolute Gasteiger partial charge is 0.383 e. The Morgan fingerprint density at radius 1 is 1.43 bits per heavy atom. The fourth-order valence-electron chi connectivity index (χ4n) is 1.35. The summed E-state index contributed by atoms with van der Waals surface area (Å²) in [6.45, 7) is 4.15. The number of aryl methyl sites for hydroxylation is 1. The van der Waals surface area contributed by atoms with Crippen molar-refractivity contribution in [1.29, 1.82) is 0 Å². The Hall–Kier alpha value is -1.06. The summed E-state index contributed by atoms with van der Waals surface area (Å²) in [6, 6.07) is 6.25. The Labute approximate surface area is 85.3 Å². The lowest BCUT2D eigenvalue weighted by Crippen LogP contribution is -2.10. The number of rotatable bonds is 5. The van der Waals surface area contributed by atoms with Gasteiger partial charge >= 0.3 is 0 Å². The maximum Gasteiger partial charge on any atom is 0.0635 e. The Kier molecular flexibility index (Phi) is 4.43. The lowest BCUT2D eigenvalue weighted by atomic mass is 10.1. The van der Waals surface area contributed by atoms with Gasteiger partial charge in [-0.25, -0.2) is 0 Å². The molecule has 1 rings (SSSR count). The molecule has 3 nitrogen and oxygen atoms in total. The summed E-state index contributed by atoms with van der Waals surface area (Å²) >= 11 is 0. The van der Waals surface area contributed by atoms with Gasteiger partial charge < -0.3 is 15.8 Å². The van der Waals surface area contributed by atoms with Crippen LogP contribution in [0.15, 0.2) is 18.2 Å². The van der Waals surface area contributed by atoms with Crippen LogP contribution in [0.2, 0.25) is 0 Å². The number of ether oxygens (including phenoxy) is 1. The molecule has 0 heterocycles. The Morgan fingerprint density at radius 2 is 2.21 bits per heavy atom. The first kappa shape index (κ1) is 11.0. The number of anilines is 1. The molecule has 0 radical (unpaired) electrons. The molecule has 0 fully saturated rings. The highest BCUT2D eigenvalue weighted by Crippen LogP contribution is 2.16. The molecule has 0 saturated carbocycles. The second-order valence-electron chi connectivity index (χ2n) is 3.28. The van der Waals surface area contributed by atoms with Crippen molar-refractivity contribution in [3.63, 3.8) is 0 Å². The molecule has 0 aromatic heterocycles. The smallest absolute Gasteiger partial charge is 0.0635 e. The molecule has 0 unspecified atom stereocenters. The number of benzene rings is 1. The Balaban J connectivity index is 2.65. The van der Waals surface area contributed by atoms with Crippen LogP contribution in [-0.2, 0) is 11.3 Å². The van der Waals surface area contributed by atoms with E-state index in [1.807, 2.05) is 0 Å². The van der Waals surface area contributed by atoms with Gasteiger partial charge in [0.2, 0.25) is 0 Å². The van der Waals surface area contributed by atoms with E-state index in [0.717, 1.165) is 17.8 Å². The third kappa shape index (κ3) is 3.01. The van der Waals surface area contributed by atoms with Crippen LogP contribution >= 0.6 is 0 Å². The normalized spacial score (nSPS) is 10.2. The second-order valence-corrected chi connectivity index (χ2v) is 3.28. The predicted octanol–water partition coefficient (Wildman–Crippen LogP) is 1.51. The Morgan fingerprint density at radius 3 is 2.86 bits per heavy atom. The van der Waals surface area contributed by atoms with E-state index in [9.17, 15) is 0 Å². The molecule has 1 aromatic rings. The minimum absolute atomic E-state index is 0.566. The summed E-state index contributed by atoms with van der Waals surface area (Å²) in [5.74, 6) is 0. The first-order chi connectivity index (χ1) is 6.77. The van der Waals surface area contributed by atoms with Crippen molar-refractivity contribution in [3.8, 4) is 0 Å². The number of nitrogens with one attached hydrogen (secondary N) is 1. The third-order valence-corrected chi connectivity index (χ3v) is 2.10. The fraction of sp³-hybridized carbons (Fsp3) is 0.455. The molecule has 0 bridgehead atoms. The van der Waals surface area contributed by atoms with Gasteiger partial charge in [-0.3, -0.25) is 0 Å². The average Bonchev–Trinajstić information content (AvgIpc) is 2.20. The van der Waals surface area contributed by atoms with Gasteiger partial charge in [-0.05, 0) is 18.6 Å². The molecule has 0 aliphatic heterocycles. The van der Waals surface area contributed by atoms with Crippen LogP contribution in [-0.4, -0.2) is 20.3 Å². The summed E-state index contributed by atoms with van der Waals surface area (Å²) < 4.78 is 4.97. The van der Waals surface area contributed by atoms with E-state index >= 15 is 0 Å². The van der Waals surface area contributed by atoms with Crippen molar-refractivity contribution in [2.75, 3.05) is 25.6 Å². The molecule has 3 N–H and O–H groups in total. The van der Waals surface area contributed by atoms with Crippen molar-refractivity contribution >= 4 is 5.69 Å². The van der Waals surface area contributed by atoms with Crippen LogP contribution in [0.1, 0.15) is 11.1 Å². The summed E-state index contributed by atoms with van der Waals surface area (Å²) in [7, 11) is 1.70. The minimum Gasteiger partial charge on any atom is -0.383 e. The highest BCUT2D eigenvalue weighted by molar-refractivity contribution is 5.52.